The van der Waals surface area contributed by atoms with Gasteiger partial charge in [0.25, 0.3) is 0 Å². The van der Waals surface area contributed by atoms with E-state index in [4.69, 9.17) is 5.90 Å². The minimum Gasteiger partial charge on any atom is -0.304 e. The van der Waals surface area contributed by atoms with E-state index < -0.39 is 0 Å². The molecule has 3 aliphatic heterocycles. The fourth-order valence-electron chi connectivity index (χ4n) is 3.46. The summed E-state index contributed by atoms with van der Waals surface area (Å²) in [4.78, 5) is 7.23. The molecule has 3 saturated heterocycles. The monoisotopic (exact) mass is 246 g/mol. The van der Waals surface area contributed by atoms with Gasteiger partial charge in [-0.05, 0) is 61.9 Å². The van der Waals surface area contributed by atoms with Crippen LogP contribution in [0.1, 0.15) is 30.4 Å². The number of benzene rings is 1. The maximum atomic E-state index is 5.07. The molecule has 0 radical (unpaired) electrons. The summed E-state index contributed by atoms with van der Waals surface area (Å²) in [5.41, 5.74) is 3.32. The summed E-state index contributed by atoms with van der Waals surface area (Å²) < 4.78 is 0. The van der Waals surface area contributed by atoms with Gasteiger partial charge in [-0.1, -0.05) is 24.3 Å². The summed E-state index contributed by atoms with van der Waals surface area (Å²) in [5.74, 6) is 5.07. The Morgan fingerprint density at radius 1 is 1.06 bits per heavy atom. The Hall–Kier alpha value is -0.900. The third-order valence-electron chi connectivity index (χ3n) is 4.79. The highest BCUT2D eigenvalue weighted by Crippen LogP contribution is 2.42. The summed E-state index contributed by atoms with van der Waals surface area (Å²) in [7, 11) is 0. The van der Waals surface area contributed by atoms with Crippen LogP contribution in [0, 0.1) is 0 Å². The zero-order chi connectivity index (χ0) is 12.4. The van der Waals surface area contributed by atoms with Crippen molar-refractivity contribution in [3.8, 4) is 0 Å². The third-order valence-corrected chi connectivity index (χ3v) is 4.79. The SMILES string of the molecule is NOCCc1ccc(C23CCN(CC2)CC3)cc1. The summed E-state index contributed by atoms with van der Waals surface area (Å²) in [6, 6.07) is 9.13. The molecule has 3 nitrogen and oxygen atoms in total. The lowest BCUT2D eigenvalue weighted by Gasteiger charge is -2.49. The number of fused-ring (bicyclic) bond motifs is 3. The number of hydrogen-bond acceptors (Lipinski definition) is 3. The minimum atomic E-state index is 0.470. The van der Waals surface area contributed by atoms with Crippen LogP contribution in [0.3, 0.4) is 0 Å². The molecule has 0 aliphatic carbocycles. The van der Waals surface area contributed by atoms with Crippen LogP contribution in [0.15, 0.2) is 24.3 Å². The van der Waals surface area contributed by atoms with Crippen LogP contribution < -0.4 is 5.90 Å². The number of piperidine rings is 3. The second-order valence-electron chi connectivity index (χ2n) is 5.69. The van der Waals surface area contributed by atoms with Crippen LogP contribution >= 0.6 is 0 Å². The molecular formula is C15H22N2O. The zero-order valence-electron chi connectivity index (χ0n) is 10.9. The van der Waals surface area contributed by atoms with Crippen molar-refractivity contribution in [3.05, 3.63) is 35.4 Å². The van der Waals surface area contributed by atoms with Gasteiger partial charge in [-0.15, -0.1) is 0 Å². The standard InChI is InChI=1S/C15H22N2O/c16-18-12-5-13-1-3-14(4-2-13)15-6-9-17(10-7-15)11-8-15/h1-4H,5-12,16H2. The minimum absolute atomic E-state index is 0.470. The van der Waals surface area contributed by atoms with Gasteiger partial charge < -0.3 is 9.74 Å². The first-order valence-corrected chi connectivity index (χ1v) is 6.96. The predicted octanol–water partition coefficient (Wildman–Crippen LogP) is 1.86. The number of nitrogens with zero attached hydrogens (tertiary/aromatic N) is 1. The predicted molar refractivity (Wildman–Crippen MR) is 72.3 cm³/mol. The Labute approximate surface area is 109 Å². The molecule has 1 aromatic rings. The van der Waals surface area contributed by atoms with Gasteiger partial charge in [0.05, 0.1) is 6.61 Å². The fraction of sp³-hybridized carbons (Fsp3) is 0.600. The average Bonchev–Trinajstić information content (AvgIpc) is 2.47. The van der Waals surface area contributed by atoms with Crippen molar-refractivity contribution in [1.82, 2.24) is 4.90 Å². The Balaban J connectivity index is 1.75. The molecule has 18 heavy (non-hydrogen) atoms. The smallest absolute Gasteiger partial charge is 0.0719 e. The Morgan fingerprint density at radius 3 is 2.22 bits per heavy atom. The quantitative estimate of drug-likeness (QED) is 0.824. The van der Waals surface area contributed by atoms with E-state index in [-0.39, 0.29) is 0 Å². The first-order chi connectivity index (χ1) is 8.82. The molecule has 0 unspecified atom stereocenters. The van der Waals surface area contributed by atoms with Crippen molar-refractivity contribution in [2.24, 2.45) is 5.90 Å². The molecule has 0 amide bonds. The van der Waals surface area contributed by atoms with Crippen LogP contribution in [-0.2, 0) is 16.7 Å². The molecule has 4 rings (SSSR count). The third kappa shape index (κ3) is 2.18. The first kappa shape index (κ1) is 12.2. The summed E-state index contributed by atoms with van der Waals surface area (Å²) in [6.45, 7) is 4.44. The zero-order valence-corrected chi connectivity index (χ0v) is 10.9. The van der Waals surface area contributed by atoms with E-state index in [1.807, 2.05) is 0 Å². The van der Waals surface area contributed by atoms with Crippen molar-refractivity contribution in [3.63, 3.8) is 0 Å². The molecule has 0 saturated carbocycles. The molecule has 0 aromatic heterocycles. The van der Waals surface area contributed by atoms with Crippen LogP contribution in [0.25, 0.3) is 0 Å². The van der Waals surface area contributed by atoms with Crippen LogP contribution in [0.5, 0.6) is 0 Å². The maximum Gasteiger partial charge on any atom is 0.0719 e. The lowest BCUT2D eigenvalue weighted by atomic mass is 9.67. The van der Waals surface area contributed by atoms with Crippen molar-refractivity contribution in [1.29, 1.82) is 0 Å². The van der Waals surface area contributed by atoms with Gasteiger partial charge in [0.1, 0.15) is 0 Å². The highest BCUT2D eigenvalue weighted by Gasteiger charge is 2.40. The molecular weight excluding hydrogens is 224 g/mol. The van der Waals surface area contributed by atoms with E-state index in [2.05, 4.69) is 34.0 Å². The number of hydrogen-bond donors (Lipinski definition) is 1. The van der Waals surface area contributed by atoms with Crippen molar-refractivity contribution in [2.45, 2.75) is 31.1 Å². The summed E-state index contributed by atoms with van der Waals surface area (Å²) in [5, 5.41) is 0. The summed E-state index contributed by atoms with van der Waals surface area (Å²) in [6.07, 6.45) is 4.90. The van der Waals surface area contributed by atoms with Crippen LogP contribution in [-0.4, -0.2) is 31.1 Å². The lowest BCUT2D eigenvalue weighted by Crippen LogP contribution is -2.50. The van der Waals surface area contributed by atoms with Gasteiger partial charge >= 0.3 is 0 Å². The van der Waals surface area contributed by atoms with Gasteiger partial charge in [0.15, 0.2) is 0 Å². The molecule has 1 aromatic carbocycles. The van der Waals surface area contributed by atoms with Gasteiger partial charge in [-0.2, -0.15) is 0 Å². The molecule has 3 fully saturated rings. The highest BCUT2D eigenvalue weighted by atomic mass is 16.6. The normalized spacial score (nSPS) is 30.6. The molecule has 2 bridgehead atoms. The Kier molecular flexibility index (Phi) is 3.37. The molecule has 3 aliphatic rings. The van der Waals surface area contributed by atoms with Crippen molar-refractivity contribution in [2.75, 3.05) is 26.2 Å². The summed E-state index contributed by atoms with van der Waals surface area (Å²) >= 11 is 0. The molecule has 3 heteroatoms. The molecule has 98 valence electrons. The largest absolute Gasteiger partial charge is 0.304 e. The Bertz CT molecular complexity index is 380. The molecule has 3 heterocycles. The van der Waals surface area contributed by atoms with Crippen molar-refractivity contribution >= 4 is 0 Å². The average molecular weight is 246 g/mol. The lowest BCUT2D eigenvalue weighted by molar-refractivity contribution is 0.0817. The van der Waals surface area contributed by atoms with E-state index in [1.165, 1.54) is 44.5 Å². The molecule has 0 spiro atoms. The first-order valence-electron chi connectivity index (χ1n) is 6.96. The maximum absolute atomic E-state index is 5.07. The van der Waals surface area contributed by atoms with Gasteiger partial charge in [0.2, 0.25) is 0 Å². The van der Waals surface area contributed by atoms with Crippen molar-refractivity contribution < 1.29 is 4.84 Å². The second kappa shape index (κ2) is 5.00. The number of nitrogens with two attached hydrogens (primary N) is 1. The van der Waals surface area contributed by atoms with Crippen LogP contribution in [0.2, 0.25) is 0 Å². The van der Waals surface area contributed by atoms with E-state index in [0.29, 0.717) is 12.0 Å². The van der Waals surface area contributed by atoms with E-state index >= 15 is 0 Å². The van der Waals surface area contributed by atoms with E-state index in [1.54, 1.807) is 5.56 Å². The molecule has 2 N–H and O–H groups in total. The van der Waals surface area contributed by atoms with Gasteiger partial charge in [-0.3, -0.25) is 0 Å². The fourth-order valence-corrected chi connectivity index (χ4v) is 3.46. The van der Waals surface area contributed by atoms with Gasteiger partial charge in [-0.25, -0.2) is 5.90 Å². The van der Waals surface area contributed by atoms with E-state index in [0.717, 1.165) is 6.42 Å². The second-order valence-corrected chi connectivity index (χ2v) is 5.69. The Morgan fingerprint density at radius 2 is 1.67 bits per heavy atom. The molecule has 0 atom stereocenters. The van der Waals surface area contributed by atoms with Crippen LogP contribution in [0.4, 0.5) is 0 Å². The number of rotatable bonds is 4. The van der Waals surface area contributed by atoms with E-state index in [9.17, 15) is 0 Å². The highest BCUT2D eigenvalue weighted by molar-refractivity contribution is 5.31. The topological polar surface area (TPSA) is 38.5 Å². The van der Waals surface area contributed by atoms with Gasteiger partial charge in [0, 0.05) is 0 Å².